The molecule has 152 valence electrons. The Labute approximate surface area is 161 Å². The Morgan fingerprint density at radius 3 is 2.89 bits per heavy atom. The Morgan fingerprint density at radius 1 is 1.30 bits per heavy atom. The van der Waals surface area contributed by atoms with Gasteiger partial charge in [-0.25, -0.2) is 0 Å². The number of likely N-dealkylation sites (tertiary alicyclic amines) is 1. The third kappa shape index (κ3) is 6.97. The van der Waals surface area contributed by atoms with Gasteiger partial charge in [0.05, 0.1) is 24.6 Å². The molecule has 7 nitrogen and oxygen atoms in total. The summed E-state index contributed by atoms with van der Waals surface area (Å²) in [5.74, 6) is -0.989. The summed E-state index contributed by atoms with van der Waals surface area (Å²) in [6.07, 6.45) is 9.19. The van der Waals surface area contributed by atoms with Crippen molar-refractivity contribution in [2.24, 2.45) is 5.92 Å². The zero-order chi connectivity index (χ0) is 19.6. The summed E-state index contributed by atoms with van der Waals surface area (Å²) in [4.78, 5) is 38.7. The molecule has 1 fully saturated rings. The van der Waals surface area contributed by atoms with E-state index in [1.807, 2.05) is 12.2 Å². The highest BCUT2D eigenvalue weighted by Crippen LogP contribution is 2.21. The number of aliphatic hydroxyl groups is 1. The van der Waals surface area contributed by atoms with Gasteiger partial charge in [-0.2, -0.15) is 0 Å². The van der Waals surface area contributed by atoms with Crippen molar-refractivity contribution in [3.05, 3.63) is 12.2 Å². The van der Waals surface area contributed by atoms with Crippen LogP contribution in [0.5, 0.6) is 0 Å². The Bertz CT molecular complexity index is 548. The lowest BCUT2D eigenvalue weighted by atomic mass is 9.98. The zero-order valence-electron chi connectivity index (χ0n) is 16.2. The van der Waals surface area contributed by atoms with Crippen molar-refractivity contribution in [3.63, 3.8) is 0 Å². The number of hydrogen-bond acceptors (Lipinski definition) is 5. The van der Waals surface area contributed by atoms with Gasteiger partial charge in [0.2, 0.25) is 11.8 Å². The summed E-state index contributed by atoms with van der Waals surface area (Å²) in [5.41, 5.74) is 0. The molecule has 0 aromatic heterocycles. The summed E-state index contributed by atoms with van der Waals surface area (Å²) in [6.45, 7) is 2.53. The first-order valence-electron chi connectivity index (χ1n) is 10.0. The first-order chi connectivity index (χ1) is 13.0. The number of hydrogen-bond donors (Lipinski definition) is 2. The van der Waals surface area contributed by atoms with E-state index in [1.54, 1.807) is 11.8 Å². The maximum Gasteiger partial charge on any atom is 0.305 e. The third-order valence-corrected chi connectivity index (χ3v) is 5.17. The lowest BCUT2D eigenvalue weighted by Gasteiger charge is -2.26. The van der Waals surface area contributed by atoms with Gasteiger partial charge in [-0.3, -0.25) is 14.4 Å². The van der Waals surface area contributed by atoms with Gasteiger partial charge in [-0.05, 0) is 45.4 Å². The number of ether oxygens (including phenoxy) is 1. The number of allylic oxidation sites excluding steroid dienone is 2. The topological polar surface area (TPSA) is 95.9 Å². The van der Waals surface area contributed by atoms with Crippen LogP contribution in [0.1, 0.15) is 58.3 Å². The molecule has 2 aliphatic rings. The third-order valence-electron chi connectivity index (χ3n) is 5.17. The fourth-order valence-corrected chi connectivity index (χ4v) is 3.57. The molecule has 0 radical (unpaired) electrons. The number of rotatable bonds is 3. The van der Waals surface area contributed by atoms with Crippen LogP contribution >= 0.6 is 0 Å². The van der Waals surface area contributed by atoms with Crippen LogP contribution < -0.4 is 5.32 Å². The van der Waals surface area contributed by atoms with Crippen LogP contribution in [0, 0.1) is 5.92 Å². The van der Waals surface area contributed by atoms with E-state index in [4.69, 9.17) is 4.74 Å². The van der Waals surface area contributed by atoms with E-state index in [2.05, 4.69) is 5.32 Å². The number of cyclic esters (lactones) is 1. The summed E-state index contributed by atoms with van der Waals surface area (Å²) in [5, 5.41) is 12.3. The average Bonchev–Trinajstić information content (AvgIpc) is 3.12. The molecule has 27 heavy (non-hydrogen) atoms. The molecule has 2 heterocycles. The highest BCUT2D eigenvalue weighted by molar-refractivity contribution is 5.86. The Balaban J connectivity index is 2.01. The zero-order valence-corrected chi connectivity index (χ0v) is 16.2. The van der Waals surface area contributed by atoms with Gasteiger partial charge in [0, 0.05) is 19.4 Å². The van der Waals surface area contributed by atoms with Gasteiger partial charge in [0.15, 0.2) is 0 Å². The Hall–Kier alpha value is -1.89. The molecule has 0 aliphatic carbocycles. The number of esters is 1. The maximum atomic E-state index is 12.7. The van der Waals surface area contributed by atoms with Crippen LogP contribution in [0.3, 0.4) is 0 Å². The number of carbonyl (C=O) groups excluding carboxylic acids is 3. The van der Waals surface area contributed by atoms with Crippen LogP contribution in [-0.2, 0) is 19.1 Å². The van der Waals surface area contributed by atoms with E-state index in [0.29, 0.717) is 19.4 Å². The van der Waals surface area contributed by atoms with E-state index in [9.17, 15) is 19.5 Å². The molecular weight excluding hydrogens is 348 g/mol. The minimum Gasteiger partial charge on any atom is -0.464 e. The quantitative estimate of drug-likeness (QED) is 0.572. The fraction of sp³-hybridized carbons (Fsp3) is 0.750. The number of nitrogens with zero attached hydrogens (tertiary/aromatic N) is 1. The molecule has 0 unspecified atom stereocenters. The summed E-state index contributed by atoms with van der Waals surface area (Å²) < 4.78 is 5.20. The highest BCUT2D eigenvalue weighted by Gasteiger charge is 2.31. The molecule has 7 heteroatoms. The van der Waals surface area contributed by atoms with Gasteiger partial charge in [-0.15, -0.1) is 0 Å². The Kier molecular flexibility index (Phi) is 8.78. The van der Waals surface area contributed by atoms with E-state index in [0.717, 1.165) is 32.1 Å². The molecule has 0 bridgehead atoms. The second kappa shape index (κ2) is 11.1. The van der Waals surface area contributed by atoms with E-state index < -0.39 is 5.92 Å². The lowest BCUT2D eigenvalue weighted by Crippen LogP contribution is -2.43. The number of aliphatic hydroxyl groups excluding tert-OH is 1. The van der Waals surface area contributed by atoms with Gasteiger partial charge >= 0.3 is 5.97 Å². The van der Waals surface area contributed by atoms with Crippen LogP contribution in [0.4, 0.5) is 0 Å². The summed E-state index contributed by atoms with van der Waals surface area (Å²) in [6, 6.07) is -0.434. The molecular formula is C20H32N2O5. The lowest BCUT2D eigenvalue weighted by molar-refractivity contribution is -0.145. The SMILES string of the molecule is C[C@H]1COC(=O)CCCCC=CC[C@H](CC(=O)N2CCC[C@H]2CO)C(=O)N1. The van der Waals surface area contributed by atoms with Crippen molar-refractivity contribution in [2.75, 3.05) is 19.8 Å². The molecule has 2 rings (SSSR count). The Morgan fingerprint density at radius 2 is 2.11 bits per heavy atom. The smallest absolute Gasteiger partial charge is 0.305 e. The predicted octanol–water partition coefficient (Wildman–Crippen LogP) is 1.54. The molecule has 2 amide bonds. The predicted molar refractivity (Wildman–Crippen MR) is 101 cm³/mol. The minimum atomic E-state index is -0.463. The minimum absolute atomic E-state index is 0.0368. The van der Waals surface area contributed by atoms with Crippen molar-refractivity contribution in [1.82, 2.24) is 10.2 Å². The van der Waals surface area contributed by atoms with E-state index in [-0.39, 0.29) is 49.5 Å². The summed E-state index contributed by atoms with van der Waals surface area (Å²) in [7, 11) is 0. The molecule has 3 atom stereocenters. The highest BCUT2D eigenvalue weighted by atomic mass is 16.5. The molecule has 0 spiro atoms. The normalized spacial score (nSPS) is 28.4. The molecule has 2 N–H and O–H groups in total. The first-order valence-corrected chi connectivity index (χ1v) is 10.0. The van der Waals surface area contributed by atoms with Crippen LogP contribution in [-0.4, -0.2) is 59.6 Å². The molecule has 1 saturated heterocycles. The van der Waals surface area contributed by atoms with E-state index >= 15 is 0 Å². The van der Waals surface area contributed by atoms with Gasteiger partial charge in [0.1, 0.15) is 6.61 Å². The number of amides is 2. The van der Waals surface area contributed by atoms with Crippen LogP contribution in [0.25, 0.3) is 0 Å². The second-order valence-electron chi connectivity index (χ2n) is 7.51. The number of carbonyl (C=O) groups is 3. The van der Waals surface area contributed by atoms with Crippen molar-refractivity contribution in [3.8, 4) is 0 Å². The number of nitrogens with one attached hydrogen (secondary N) is 1. The monoisotopic (exact) mass is 380 g/mol. The average molecular weight is 380 g/mol. The van der Waals surface area contributed by atoms with Crippen molar-refractivity contribution in [1.29, 1.82) is 0 Å². The fourth-order valence-electron chi connectivity index (χ4n) is 3.57. The van der Waals surface area contributed by atoms with Gasteiger partial charge in [-0.1, -0.05) is 12.2 Å². The second-order valence-corrected chi connectivity index (χ2v) is 7.51. The molecule has 0 aromatic carbocycles. The van der Waals surface area contributed by atoms with E-state index in [1.165, 1.54) is 0 Å². The van der Waals surface area contributed by atoms with Gasteiger partial charge < -0.3 is 20.1 Å². The van der Waals surface area contributed by atoms with Crippen molar-refractivity contribution in [2.45, 2.75) is 70.4 Å². The molecule has 0 aromatic rings. The van der Waals surface area contributed by atoms with Crippen molar-refractivity contribution >= 4 is 17.8 Å². The molecule has 2 aliphatic heterocycles. The summed E-state index contributed by atoms with van der Waals surface area (Å²) >= 11 is 0. The first kappa shape index (κ1) is 21.4. The standard InChI is InChI=1S/C20H32N2O5/c1-15-14-27-19(25)10-6-4-2-3-5-8-16(20(26)21-15)12-18(24)22-11-7-9-17(22)13-23/h3,5,15-17,23H,2,4,6-14H2,1H3,(H,21,26)/t15-,16+,17-/m0/s1. The van der Waals surface area contributed by atoms with Crippen LogP contribution in [0.2, 0.25) is 0 Å². The maximum absolute atomic E-state index is 12.7. The van der Waals surface area contributed by atoms with Gasteiger partial charge in [0.25, 0.3) is 0 Å². The molecule has 0 saturated carbocycles. The van der Waals surface area contributed by atoms with Crippen molar-refractivity contribution < 1.29 is 24.2 Å². The van der Waals surface area contributed by atoms with Crippen LogP contribution in [0.15, 0.2) is 12.2 Å². The largest absolute Gasteiger partial charge is 0.464 e.